The van der Waals surface area contributed by atoms with Gasteiger partial charge in [-0.2, -0.15) is 4.98 Å². The van der Waals surface area contributed by atoms with Gasteiger partial charge in [0.05, 0.1) is 12.5 Å². The fraction of sp³-hybridized carbons (Fsp3) is 0.750. The van der Waals surface area contributed by atoms with Crippen LogP contribution in [-0.2, 0) is 11.2 Å². The molecule has 5 nitrogen and oxygen atoms in total. The summed E-state index contributed by atoms with van der Waals surface area (Å²) in [7, 11) is 0. The van der Waals surface area contributed by atoms with Crippen molar-refractivity contribution >= 4 is 6.29 Å². The second-order valence-electron chi connectivity index (χ2n) is 4.76. The number of piperidine rings is 1. The topological polar surface area (TPSA) is 59.2 Å². The standard InChI is InChI=1S/C12H19N3O2/c1-9(2)15-7-4-3-5-10(15)12-13-11(6-8-16)17-14-12/h8-10H,3-7H2,1-2H3. The highest BCUT2D eigenvalue weighted by Crippen LogP contribution is 2.30. The first-order valence-corrected chi connectivity index (χ1v) is 6.24. The Hall–Kier alpha value is -1.23. The van der Waals surface area contributed by atoms with E-state index in [-0.39, 0.29) is 12.5 Å². The van der Waals surface area contributed by atoms with Crippen LogP contribution in [0.5, 0.6) is 0 Å². The fourth-order valence-electron chi connectivity index (χ4n) is 2.41. The Labute approximate surface area is 101 Å². The highest BCUT2D eigenvalue weighted by Gasteiger charge is 2.29. The van der Waals surface area contributed by atoms with Gasteiger partial charge in [-0.1, -0.05) is 11.6 Å². The molecule has 0 bridgehead atoms. The van der Waals surface area contributed by atoms with Crippen molar-refractivity contribution in [3.05, 3.63) is 11.7 Å². The van der Waals surface area contributed by atoms with Crippen molar-refractivity contribution in [3.8, 4) is 0 Å². The van der Waals surface area contributed by atoms with Crippen LogP contribution in [-0.4, -0.2) is 33.9 Å². The molecule has 2 rings (SSSR count). The van der Waals surface area contributed by atoms with Gasteiger partial charge in [-0.05, 0) is 33.2 Å². The minimum absolute atomic E-state index is 0.210. The molecule has 1 aliphatic rings. The summed E-state index contributed by atoms with van der Waals surface area (Å²) in [5.74, 6) is 1.15. The van der Waals surface area contributed by atoms with E-state index in [9.17, 15) is 4.79 Å². The molecule has 1 aliphatic heterocycles. The lowest BCUT2D eigenvalue weighted by Gasteiger charge is -2.36. The van der Waals surface area contributed by atoms with Gasteiger partial charge in [0.25, 0.3) is 0 Å². The number of aldehydes is 1. The molecule has 0 aromatic carbocycles. The summed E-state index contributed by atoms with van der Waals surface area (Å²) in [6.45, 7) is 5.45. The van der Waals surface area contributed by atoms with E-state index in [1.54, 1.807) is 0 Å². The fourth-order valence-corrected chi connectivity index (χ4v) is 2.41. The zero-order valence-corrected chi connectivity index (χ0v) is 10.4. The summed E-state index contributed by atoms with van der Waals surface area (Å²) in [6, 6.07) is 0.723. The zero-order valence-electron chi connectivity index (χ0n) is 10.4. The van der Waals surface area contributed by atoms with Crippen molar-refractivity contribution in [2.45, 2.75) is 51.6 Å². The number of carbonyl (C=O) groups is 1. The molecule has 0 aliphatic carbocycles. The van der Waals surface area contributed by atoms with Crippen LogP contribution in [0, 0.1) is 0 Å². The maximum absolute atomic E-state index is 10.4. The quantitative estimate of drug-likeness (QED) is 0.747. The van der Waals surface area contributed by atoms with Crippen molar-refractivity contribution < 1.29 is 9.32 Å². The average molecular weight is 237 g/mol. The number of carbonyl (C=O) groups excluding carboxylic acids is 1. The van der Waals surface area contributed by atoms with Crippen LogP contribution in [0.3, 0.4) is 0 Å². The van der Waals surface area contributed by atoms with Gasteiger partial charge in [-0.25, -0.2) is 0 Å². The molecule has 0 N–H and O–H groups in total. The van der Waals surface area contributed by atoms with Crippen molar-refractivity contribution in [2.24, 2.45) is 0 Å². The molecule has 1 fully saturated rings. The molecule has 1 unspecified atom stereocenters. The molecule has 1 saturated heterocycles. The SMILES string of the molecule is CC(C)N1CCCCC1c1noc(CC=O)n1. The average Bonchev–Trinajstić information content (AvgIpc) is 2.78. The van der Waals surface area contributed by atoms with Gasteiger partial charge < -0.3 is 9.32 Å². The Balaban J connectivity index is 2.14. The number of hydrogen-bond acceptors (Lipinski definition) is 5. The maximum atomic E-state index is 10.4. The molecular weight excluding hydrogens is 218 g/mol. The van der Waals surface area contributed by atoms with Gasteiger partial charge in [0, 0.05) is 6.04 Å². The van der Waals surface area contributed by atoms with E-state index < -0.39 is 0 Å². The summed E-state index contributed by atoms with van der Waals surface area (Å²) in [5.41, 5.74) is 0. The van der Waals surface area contributed by atoms with E-state index in [4.69, 9.17) is 4.52 Å². The van der Waals surface area contributed by atoms with Crippen molar-refractivity contribution in [1.82, 2.24) is 15.0 Å². The van der Waals surface area contributed by atoms with Gasteiger partial charge in [0.1, 0.15) is 6.29 Å². The van der Waals surface area contributed by atoms with Gasteiger partial charge in [0.15, 0.2) is 5.82 Å². The summed E-state index contributed by atoms with van der Waals surface area (Å²) < 4.78 is 5.07. The number of rotatable bonds is 4. The predicted molar refractivity (Wildman–Crippen MR) is 62.5 cm³/mol. The lowest BCUT2D eigenvalue weighted by Crippen LogP contribution is -2.38. The third-order valence-corrected chi connectivity index (χ3v) is 3.25. The van der Waals surface area contributed by atoms with E-state index in [2.05, 4.69) is 28.9 Å². The first-order valence-electron chi connectivity index (χ1n) is 6.24. The molecule has 0 radical (unpaired) electrons. The van der Waals surface area contributed by atoms with E-state index in [0.717, 1.165) is 25.1 Å². The largest absolute Gasteiger partial charge is 0.339 e. The van der Waals surface area contributed by atoms with Gasteiger partial charge in [-0.15, -0.1) is 0 Å². The predicted octanol–water partition coefficient (Wildman–Crippen LogP) is 1.75. The summed E-state index contributed by atoms with van der Waals surface area (Å²) in [4.78, 5) is 17.1. The third-order valence-electron chi connectivity index (χ3n) is 3.25. The monoisotopic (exact) mass is 237 g/mol. The van der Waals surface area contributed by atoms with Crippen LogP contribution in [0.4, 0.5) is 0 Å². The van der Waals surface area contributed by atoms with Gasteiger partial charge in [-0.3, -0.25) is 4.90 Å². The molecular formula is C12H19N3O2. The highest BCUT2D eigenvalue weighted by molar-refractivity contribution is 5.52. The second kappa shape index (κ2) is 5.40. The molecule has 1 aromatic heterocycles. The number of hydrogen-bond donors (Lipinski definition) is 0. The number of aromatic nitrogens is 2. The van der Waals surface area contributed by atoms with Crippen LogP contribution >= 0.6 is 0 Å². The van der Waals surface area contributed by atoms with Gasteiger partial charge in [0.2, 0.25) is 5.89 Å². The molecule has 0 saturated carbocycles. The van der Waals surface area contributed by atoms with Gasteiger partial charge >= 0.3 is 0 Å². The van der Waals surface area contributed by atoms with Crippen LogP contribution in [0.2, 0.25) is 0 Å². The molecule has 0 spiro atoms. The maximum Gasteiger partial charge on any atom is 0.233 e. The lowest BCUT2D eigenvalue weighted by atomic mass is 10.00. The molecule has 17 heavy (non-hydrogen) atoms. The summed E-state index contributed by atoms with van der Waals surface area (Å²) in [6.07, 6.45) is 4.50. The zero-order chi connectivity index (χ0) is 12.3. The number of nitrogens with zero attached hydrogens (tertiary/aromatic N) is 3. The molecule has 94 valence electrons. The normalized spacial score (nSPS) is 21.9. The smallest absolute Gasteiger partial charge is 0.233 e. The minimum atomic E-state index is 0.210. The summed E-state index contributed by atoms with van der Waals surface area (Å²) in [5, 5.41) is 4.00. The molecule has 0 amide bonds. The Kier molecular flexibility index (Phi) is 3.89. The van der Waals surface area contributed by atoms with Crippen molar-refractivity contribution in [1.29, 1.82) is 0 Å². The summed E-state index contributed by atoms with van der Waals surface area (Å²) >= 11 is 0. The molecule has 5 heteroatoms. The highest BCUT2D eigenvalue weighted by atomic mass is 16.5. The molecule has 2 heterocycles. The second-order valence-corrected chi connectivity index (χ2v) is 4.76. The van der Waals surface area contributed by atoms with Crippen LogP contribution < -0.4 is 0 Å². The van der Waals surface area contributed by atoms with Crippen LogP contribution in [0.25, 0.3) is 0 Å². The Morgan fingerprint density at radius 1 is 1.53 bits per heavy atom. The Bertz CT molecular complexity index is 376. The van der Waals surface area contributed by atoms with E-state index >= 15 is 0 Å². The van der Waals surface area contributed by atoms with E-state index in [0.29, 0.717) is 11.9 Å². The van der Waals surface area contributed by atoms with E-state index in [1.807, 2.05) is 0 Å². The van der Waals surface area contributed by atoms with Crippen LogP contribution in [0.1, 0.15) is 50.9 Å². The van der Waals surface area contributed by atoms with Crippen molar-refractivity contribution in [2.75, 3.05) is 6.54 Å². The third kappa shape index (κ3) is 2.72. The first kappa shape index (κ1) is 12.2. The lowest BCUT2D eigenvalue weighted by molar-refractivity contribution is -0.107. The number of likely N-dealkylation sites (tertiary alicyclic amines) is 1. The molecule has 1 atom stereocenters. The molecule has 1 aromatic rings. The van der Waals surface area contributed by atoms with E-state index in [1.165, 1.54) is 12.8 Å². The van der Waals surface area contributed by atoms with Crippen LogP contribution in [0.15, 0.2) is 4.52 Å². The Morgan fingerprint density at radius 3 is 3.06 bits per heavy atom. The Morgan fingerprint density at radius 2 is 2.35 bits per heavy atom. The first-order chi connectivity index (χ1) is 8.22. The van der Waals surface area contributed by atoms with Crippen molar-refractivity contribution in [3.63, 3.8) is 0 Å². The minimum Gasteiger partial charge on any atom is -0.339 e.